The van der Waals surface area contributed by atoms with Crippen LogP contribution in [-0.2, 0) is 0 Å². The average molecular weight is 262 g/mol. The van der Waals surface area contributed by atoms with Gasteiger partial charge in [0.25, 0.3) is 0 Å². The SMILES string of the molecule is O[C@H](C#CC#C[C@H](O)c1ccccc1)c1ccccc1. The molecule has 0 aliphatic heterocycles. The largest absolute Gasteiger partial charge is 0.376 e. The van der Waals surface area contributed by atoms with E-state index >= 15 is 0 Å². The molecule has 0 aromatic heterocycles. The van der Waals surface area contributed by atoms with Crippen molar-refractivity contribution < 1.29 is 10.2 Å². The van der Waals surface area contributed by atoms with Gasteiger partial charge in [-0.15, -0.1) is 0 Å². The molecule has 0 saturated carbocycles. The molecule has 0 spiro atoms. The average Bonchev–Trinajstić information content (AvgIpc) is 2.53. The van der Waals surface area contributed by atoms with Crippen LogP contribution >= 0.6 is 0 Å². The van der Waals surface area contributed by atoms with Crippen LogP contribution in [0.5, 0.6) is 0 Å². The predicted octanol–water partition coefficient (Wildman–Crippen LogP) is 2.46. The van der Waals surface area contributed by atoms with Crippen molar-refractivity contribution in [3.63, 3.8) is 0 Å². The second kappa shape index (κ2) is 7.16. The fraction of sp³-hybridized carbons (Fsp3) is 0.111. The van der Waals surface area contributed by atoms with Gasteiger partial charge in [0.15, 0.2) is 0 Å². The quantitative estimate of drug-likeness (QED) is 0.816. The van der Waals surface area contributed by atoms with Crippen LogP contribution in [0.2, 0.25) is 0 Å². The highest BCUT2D eigenvalue weighted by molar-refractivity contribution is 5.34. The van der Waals surface area contributed by atoms with Gasteiger partial charge in [-0.25, -0.2) is 0 Å². The standard InChI is InChI=1S/C18H14O2/c19-17(15-9-3-1-4-10-15)13-7-8-14-18(20)16-11-5-2-6-12-16/h1-6,9-12,17-20H/t17-,18+. The number of rotatable bonds is 2. The maximum atomic E-state index is 9.80. The first kappa shape index (κ1) is 13.9. The number of benzene rings is 2. The molecule has 0 amide bonds. The van der Waals surface area contributed by atoms with Crippen LogP contribution in [0.4, 0.5) is 0 Å². The minimum atomic E-state index is -0.862. The van der Waals surface area contributed by atoms with E-state index in [1.54, 1.807) is 24.3 Å². The Kier molecular flexibility index (Phi) is 4.98. The van der Waals surface area contributed by atoms with Crippen molar-refractivity contribution in [1.82, 2.24) is 0 Å². The molecule has 0 saturated heterocycles. The molecule has 0 heterocycles. The number of aliphatic hydroxyl groups is 2. The van der Waals surface area contributed by atoms with Crippen LogP contribution in [0, 0.1) is 23.7 Å². The van der Waals surface area contributed by atoms with Gasteiger partial charge >= 0.3 is 0 Å². The van der Waals surface area contributed by atoms with E-state index in [0.717, 1.165) is 11.1 Å². The third kappa shape index (κ3) is 4.00. The van der Waals surface area contributed by atoms with Gasteiger partial charge in [0.2, 0.25) is 0 Å². The van der Waals surface area contributed by atoms with Gasteiger partial charge in [0, 0.05) is 0 Å². The second-order valence-corrected chi connectivity index (χ2v) is 4.17. The third-order valence-corrected chi connectivity index (χ3v) is 2.71. The Bertz CT molecular complexity index is 593. The van der Waals surface area contributed by atoms with Crippen LogP contribution in [0.3, 0.4) is 0 Å². The van der Waals surface area contributed by atoms with E-state index in [1.807, 2.05) is 36.4 Å². The zero-order valence-electron chi connectivity index (χ0n) is 10.8. The van der Waals surface area contributed by atoms with Gasteiger partial charge in [0.1, 0.15) is 12.2 Å². The lowest BCUT2D eigenvalue weighted by molar-refractivity contribution is 0.237. The fourth-order valence-corrected chi connectivity index (χ4v) is 1.65. The van der Waals surface area contributed by atoms with Crippen molar-refractivity contribution in [2.24, 2.45) is 0 Å². The summed E-state index contributed by atoms with van der Waals surface area (Å²) in [5.41, 5.74) is 1.45. The molecule has 2 aromatic carbocycles. The van der Waals surface area contributed by atoms with E-state index in [1.165, 1.54) is 0 Å². The highest BCUT2D eigenvalue weighted by Gasteiger charge is 2.01. The molecule has 2 heteroatoms. The summed E-state index contributed by atoms with van der Waals surface area (Å²) in [7, 11) is 0. The first-order chi connectivity index (χ1) is 9.77. The monoisotopic (exact) mass is 262 g/mol. The van der Waals surface area contributed by atoms with Crippen molar-refractivity contribution in [2.75, 3.05) is 0 Å². The summed E-state index contributed by atoms with van der Waals surface area (Å²) in [6.07, 6.45) is -1.72. The molecular formula is C18H14O2. The van der Waals surface area contributed by atoms with Crippen LogP contribution in [-0.4, -0.2) is 10.2 Å². The van der Waals surface area contributed by atoms with Gasteiger partial charge < -0.3 is 10.2 Å². The van der Waals surface area contributed by atoms with E-state index in [0.29, 0.717) is 0 Å². The Hall–Kier alpha value is -2.52. The predicted molar refractivity (Wildman–Crippen MR) is 78.4 cm³/mol. The summed E-state index contributed by atoms with van der Waals surface area (Å²) in [4.78, 5) is 0. The summed E-state index contributed by atoms with van der Waals surface area (Å²) >= 11 is 0. The van der Waals surface area contributed by atoms with Crippen molar-refractivity contribution in [3.05, 3.63) is 71.8 Å². The zero-order valence-corrected chi connectivity index (χ0v) is 10.8. The van der Waals surface area contributed by atoms with Crippen molar-refractivity contribution in [3.8, 4) is 23.7 Å². The molecule has 2 atom stereocenters. The fourth-order valence-electron chi connectivity index (χ4n) is 1.65. The van der Waals surface area contributed by atoms with Crippen LogP contribution in [0.15, 0.2) is 60.7 Å². The zero-order chi connectivity index (χ0) is 14.2. The normalized spacial score (nSPS) is 12.3. The van der Waals surface area contributed by atoms with Gasteiger partial charge in [-0.2, -0.15) is 0 Å². The minimum Gasteiger partial charge on any atom is -0.376 e. The maximum absolute atomic E-state index is 9.80. The number of hydrogen-bond acceptors (Lipinski definition) is 2. The molecule has 0 unspecified atom stereocenters. The number of aliphatic hydroxyl groups excluding tert-OH is 2. The molecule has 0 radical (unpaired) electrons. The van der Waals surface area contributed by atoms with Crippen molar-refractivity contribution in [1.29, 1.82) is 0 Å². The molecule has 20 heavy (non-hydrogen) atoms. The van der Waals surface area contributed by atoms with Crippen LogP contribution in [0.1, 0.15) is 23.3 Å². The molecule has 2 rings (SSSR count). The summed E-state index contributed by atoms with van der Waals surface area (Å²) in [6, 6.07) is 18.3. The molecule has 0 fully saturated rings. The third-order valence-electron chi connectivity index (χ3n) is 2.71. The van der Waals surface area contributed by atoms with Crippen LogP contribution < -0.4 is 0 Å². The Morgan fingerprint density at radius 3 is 1.30 bits per heavy atom. The van der Waals surface area contributed by atoms with E-state index in [-0.39, 0.29) is 0 Å². The van der Waals surface area contributed by atoms with Gasteiger partial charge in [-0.05, 0) is 23.0 Å². The molecule has 2 aromatic rings. The maximum Gasteiger partial charge on any atom is 0.141 e. The highest BCUT2D eigenvalue weighted by atomic mass is 16.3. The Labute approximate surface area is 118 Å². The van der Waals surface area contributed by atoms with E-state index in [9.17, 15) is 10.2 Å². The smallest absolute Gasteiger partial charge is 0.141 e. The summed E-state index contributed by atoms with van der Waals surface area (Å²) in [6.45, 7) is 0. The lowest BCUT2D eigenvalue weighted by atomic mass is 10.1. The Morgan fingerprint density at radius 2 is 0.950 bits per heavy atom. The minimum absolute atomic E-state index is 0.727. The Balaban J connectivity index is 2.00. The first-order valence-corrected chi connectivity index (χ1v) is 6.24. The molecule has 0 bridgehead atoms. The molecule has 2 N–H and O–H groups in total. The van der Waals surface area contributed by atoms with E-state index < -0.39 is 12.2 Å². The van der Waals surface area contributed by atoms with E-state index in [2.05, 4.69) is 23.7 Å². The van der Waals surface area contributed by atoms with Crippen molar-refractivity contribution in [2.45, 2.75) is 12.2 Å². The van der Waals surface area contributed by atoms with Gasteiger partial charge in [-0.1, -0.05) is 72.5 Å². The summed E-state index contributed by atoms with van der Waals surface area (Å²) in [5, 5.41) is 19.6. The Morgan fingerprint density at radius 1 is 0.600 bits per heavy atom. The number of hydrogen-bond donors (Lipinski definition) is 2. The van der Waals surface area contributed by atoms with Gasteiger partial charge in [0.05, 0.1) is 0 Å². The summed E-state index contributed by atoms with van der Waals surface area (Å²) in [5.74, 6) is 10.4. The second-order valence-electron chi connectivity index (χ2n) is 4.17. The summed E-state index contributed by atoms with van der Waals surface area (Å²) < 4.78 is 0. The lowest BCUT2D eigenvalue weighted by Gasteiger charge is -2.01. The first-order valence-electron chi connectivity index (χ1n) is 6.24. The lowest BCUT2D eigenvalue weighted by Crippen LogP contribution is -1.93. The molecular weight excluding hydrogens is 248 g/mol. The van der Waals surface area contributed by atoms with Gasteiger partial charge in [-0.3, -0.25) is 0 Å². The molecule has 2 nitrogen and oxygen atoms in total. The topological polar surface area (TPSA) is 40.5 Å². The van der Waals surface area contributed by atoms with Crippen LogP contribution in [0.25, 0.3) is 0 Å². The molecule has 0 aliphatic carbocycles. The molecule has 98 valence electrons. The van der Waals surface area contributed by atoms with Crippen molar-refractivity contribution >= 4 is 0 Å². The van der Waals surface area contributed by atoms with E-state index in [4.69, 9.17) is 0 Å². The highest BCUT2D eigenvalue weighted by Crippen LogP contribution is 2.11. The molecule has 0 aliphatic rings.